The molecule has 2 aromatic rings. The molecule has 1 aromatic heterocycles. The molecular weight excluding hydrogens is 346 g/mol. The second-order valence-electron chi connectivity index (χ2n) is 7.00. The Morgan fingerprint density at radius 1 is 1.33 bits per heavy atom. The van der Waals surface area contributed by atoms with E-state index in [9.17, 15) is 9.59 Å². The molecule has 1 unspecified atom stereocenters. The molecule has 0 aliphatic carbocycles. The third-order valence-electron chi connectivity index (χ3n) is 5.20. The van der Waals surface area contributed by atoms with Gasteiger partial charge in [-0.2, -0.15) is 5.10 Å². The lowest BCUT2D eigenvalue weighted by molar-refractivity contribution is -0.118. The summed E-state index contributed by atoms with van der Waals surface area (Å²) in [6.45, 7) is 3.46. The quantitative estimate of drug-likeness (QED) is 0.891. The Balaban J connectivity index is 1.42. The van der Waals surface area contributed by atoms with Gasteiger partial charge in [-0.05, 0) is 25.0 Å². The molecule has 2 aliphatic heterocycles. The minimum atomic E-state index is -0.515. The van der Waals surface area contributed by atoms with Crippen molar-refractivity contribution in [2.75, 3.05) is 18.6 Å². The first-order valence-corrected chi connectivity index (χ1v) is 9.00. The van der Waals surface area contributed by atoms with E-state index in [1.807, 2.05) is 38.2 Å². The van der Waals surface area contributed by atoms with Crippen LogP contribution in [0.25, 0.3) is 0 Å². The van der Waals surface area contributed by atoms with Crippen molar-refractivity contribution in [1.82, 2.24) is 20.0 Å². The molecule has 0 radical (unpaired) electrons. The molecule has 4 rings (SSSR count). The number of hydrogen-bond acceptors (Lipinski definition) is 4. The fourth-order valence-electron chi connectivity index (χ4n) is 3.86. The van der Waals surface area contributed by atoms with E-state index in [1.54, 1.807) is 21.6 Å². The lowest BCUT2D eigenvalue weighted by Gasteiger charge is -2.20. The Morgan fingerprint density at radius 3 is 2.85 bits per heavy atom. The number of methoxy groups -OCH3 is 1. The fraction of sp³-hybridized carbons (Fsp3) is 0.421. The topological polar surface area (TPSA) is 79.7 Å². The number of urea groups is 1. The van der Waals surface area contributed by atoms with Gasteiger partial charge in [0.05, 0.1) is 19.3 Å². The number of aryl methyl sites for hydroxylation is 2. The summed E-state index contributed by atoms with van der Waals surface area (Å²) < 4.78 is 7.08. The first kappa shape index (κ1) is 17.4. The highest BCUT2D eigenvalue weighted by Gasteiger charge is 2.36. The molecule has 1 N–H and O–H groups in total. The van der Waals surface area contributed by atoms with Crippen molar-refractivity contribution in [3.05, 3.63) is 41.1 Å². The zero-order valence-corrected chi connectivity index (χ0v) is 15.7. The van der Waals surface area contributed by atoms with E-state index in [0.29, 0.717) is 26.1 Å². The number of carbonyl (C=O) groups excluding carboxylic acids is 2. The van der Waals surface area contributed by atoms with Gasteiger partial charge < -0.3 is 15.0 Å². The van der Waals surface area contributed by atoms with Crippen LogP contribution in [-0.4, -0.2) is 46.3 Å². The molecule has 1 atom stereocenters. The Hall–Kier alpha value is -3.03. The molecule has 1 fully saturated rings. The summed E-state index contributed by atoms with van der Waals surface area (Å²) in [5.74, 6) is 1.45. The number of hydrogen-bond donors (Lipinski definition) is 1. The van der Waals surface area contributed by atoms with Gasteiger partial charge in [0.1, 0.15) is 17.6 Å². The minimum Gasteiger partial charge on any atom is -0.496 e. The van der Waals surface area contributed by atoms with Crippen molar-refractivity contribution in [2.24, 2.45) is 7.05 Å². The predicted octanol–water partition coefficient (Wildman–Crippen LogP) is 1.57. The van der Waals surface area contributed by atoms with Crippen molar-refractivity contribution in [2.45, 2.75) is 32.5 Å². The van der Waals surface area contributed by atoms with Crippen molar-refractivity contribution < 1.29 is 14.3 Å². The maximum Gasteiger partial charge on any atom is 0.318 e. The van der Waals surface area contributed by atoms with Crippen LogP contribution in [0.3, 0.4) is 0 Å². The molecule has 0 bridgehead atoms. The Bertz CT molecular complexity index is 907. The smallest absolute Gasteiger partial charge is 0.318 e. The number of amides is 3. The molecule has 3 amide bonds. The number of anilines is 1. The fourth-order valence-corrected chi connectivity index (χ4v) is 3.86. The molecule has 8 nitrogen and oxygen atoms in total. The van der Waals surface area contributed by atoms with Gasteiger partial charge in [0, 0.05) is 31.8 Å². The highest BCUT2D eigenvalue weighted by atomic mass is 16.5. The zero-order chi connectivity index (χ0) is 19.1. The van der Waals surface area contributed by atoms with Gasteiger partial charge in [0.2, 0.25) is 0 Å². The minimum absolute atomic E-state index is 0.0966. The van der Waals surface area contributed by atoms with Crippen molar-refractivity contribution in [3.63, 3.8) is 0 Å². The molecule has 8 heteroatoms. The number of ether oxygens (including phenoxy) is 1. The number of aromatic nitrogens is 2. The van der Waals surface area contributed by atoms with Crippen LogP contribution >= 0.6 is 0 Å². The summed E-state index contributed by atoms with van der Waals surface area (Å²) in [4.78, 5) is 28.9. The van der Waals surface area contributed by atoms with Crippen LogP contribution in [0.4, 0.5) is 10.6 Å². The van der Waals surface area contributed by atoms with Gasteiger partial charge in [-0.15, -0.1) is 0 Å². The monoisotopic (exact) mass is 369 g/mol. The Kier molecular flexibility index (Phi) is 4.25. The van der Waals surface area contributed by atoms with Gasteiger partial charge in [-0.1, -0.05) is 12.1 Å². The molecule has 1 aromatic carbocycles. The van der Waals surface area contributed by atoms with E-state index in [2.05, 4.69) is 10.4 Å². The number of rotatable bonds is 3. The molecule has 3 heterocycles. The van der Waals surface area contributed by atoms with Crippen LogP contribution in [0, 0.1) is 6.92 Å². The molecule has 0 spiro atoms. The number of benzene rings is 1. The normalized spacial score (nSPS) is 18.8. The molecule has 142 valence electrons. The summed E-state index contributed by atoms with van der Waals surface area (Å²) in [7, 11) is 3.45. The largest absolute Gasteiger partial charge is 0.496 e. The lowest BCUT2D eigenvalue weighted by atomic mass is 10.1. The van der Waals surface area contributed by atoms with Gasteiger partial charge in [-0.25, -0.2) is 4.79 Å². The first-order chi connectivity index (χ1) is 13.0. The molecule has 2 aliphatic rings. The van der Waals surface area contributed by atoms with Crippen LogP contribution in [0.1, 0.15) is 23.2 Å². The van der Waals surface area contributed by atoms with E-state index in [-0.39, 0.29) is 11.9 Å². The lowest BCUT2D eigenvalue weighted by Crippen LogP contribution is -2.46. The van der Waals surface area contributed by atoms with Crippen LogP contribution in [0.5, 0.6) is 5.75 Å². The molecule has 0 saturated carbocycles. The van der Waals surface area contributed by atoms with Crippen LogP contribution in [-0.2, 0) is 24.9 Å². The van der Waals surface area contributed by atoms with E-state index in [4.69, 9.17) is 4.74 Å². The Morgan fingerprint density at radius 2 is 2.15 bits per heavy atom. The van der Waals surface area contributed by atoms with E-state index in [1.165, 1.54) is 0 Å². The van der Waals surface area contributed by atoms with Crippen LogP contribution in [0.2, 0.25) is 0 Å². The summed E-state index contributed by atoms with van der Waals surface area (Å²) in [5.41, 5.74) is 2.96. The molecular formula is C19H23N5O3. The third kappa shape index (κ3) is 3.01. The van der Waals surface area contributed by atoms with Crippen LogP contribution < -0.4 is 15.0 Å². The highest BCUT2D eigenvalue weighted by Crippen LogP contribution is 2.31. The predicted molar refractivity (Wildman–Crippen MR) is 99.5 cm³/mol. The molecule has 27 heavy (non-hydrogen) atoms. The van der Waals surface area contributed by atoms with Crippen molar-refractivity contribution in [3.8, 4) is 5.75 Å². The number of nitrogens with one attached hydrogen (secondary N) is 1. The Labute approximate surface area is 157 Å². The van der Waals surface area contributed by atoms with Crippen molar-refractivity contribution in [1.29, 1.82) is 0 Å². The first-order valence-electron chi connectivity index (χ1n) is 9.00. The average Bonchev–Trinajstić information content (AvgIpc) is 3.32. The maximum absolute atomic E-state index is 12.8. The summed E-state index contributed by atoms with van der Waals surface area (Å²) in [6.07, 6.45) is 0.582. The second-order valence-corrected chi connectivity index (χ2v) is 7.00. The second kappa shape index (κ2) is 6.61. The SMILES string of the molecule is COc1cccc2c1CN(C(=O)NC1CCN(c3cc(C)nn3C)C1=O)C2. The van der Waals surface area contributed by atoms with E-state index >= 15 is 0 Å². The van der Waals surface area contributed by atoms with Crippen LogP contribution in [0.15, 0.2) is 24.3 Å². The maximum atomic E-state index is 12.8. The number of fused-ring (bicyclic) bond motifs is 1. The number of carbonyl (C=O) groups is 2. The molecule has 1 saturated heterocycles. The van der Waals surface area contributed by atoms with Crippen molar-refractivity contribution >= 4 is 17.8 Å². The van der Waals surface area contributed by atoms with E-state index < -0.39 is 6.04 Å². The number of nitrogens with zero attached hydrogens (tertiary/aromatic N) is 4. The van der Waals surface area contributed by atoms with Gasteiger partial charge in [-0.3, -0.25) is 14.4 Å². The standard InChI is InChI=1S/C19H23N5O3/c1-12-9-17(22(2)21-12)24-8-7-15(18(24)25)20-19(26)23-10-13-5-4-6-16(27-3)14(13)11-23/h4-6,9,15H,7-8,10-11H2,1-3H3,(H,20,26). The summed E-state index contributed by atoms with van der Waals surface area (Å²) in [5, 5.41) is 7.19. The van der Waals surface area contributed by atoms with Gasteiger partial charge in [0.25, 0.3) is 5.91 Å². The summed E-state index contributed by atoms with van der Waals surface area (Å²) in [6, 6.07) is 6.96. The zero-order valence-electron chi connectivity index (χ0n) is 15.7. The highest BCUT2D eigenvalue weighted by molar-refractivity contribution is 6.00. The van der Waals surface area contributed by atoms with Gasteiger partial charge >= 0.3 is 6.03 Å². The van der Waals surface area contributed by atoms with E-state index in [0.717, 1.165) is 28.4 Å². The van der Waals surface area contributed by atoms with Gasteiger partial charge in [0.15, 0.2) is 0 Å². The average molecular weight is 369 g/mol. The third-order valence-corrected chi connectivity index (χ3v) is 5.20. The summed E-state index contributed by atoms with van der Waals surface area (Å²) >= 11 is 0.